The van der Waals surface area contributed by atoms with Crippen LogP contribution in [0.1, 0.15) is 11.5 Å². The first-order chi connectivity index (χ1) is 11.2. The molecule has 3 aromatic rings. The van der Waals surface area contributed by atoms with Crippen molar-refractivity contribution in [1.82, 2.24) is 10.1 Å². The lowest BCUT2D eigenvalue weighted by Crippen LogP contribution is -1.95. The Kier molecular flexibility index (Phi) is 4.28. The molecule has 0 saturated carbocycles. The summed E-state index contributed by atoms with van der Waals surface area (Å²) < 4.78 is 23.4. The maximum absolute atomic E-state index is 12.8. The van der Waals surface area contributed by atoms with Gasteiger partial charge in [0.05, 0.1) is 6.21 Å². The zero-order valence-electron chi connectivity index (χ0n) is 12.0. The number of aromatic nitrogens is 2. The van der Waals surface area contributed by atoms with Crippen LogP contribution in [-0.2, 0) is 6.61 Å². The van der Waals surface area contributed by atoms with E-state index >= 15 is 0 Å². The van der Waals surface area contributed by atoms with Gasteiger partial charge in [-0.25, -0.2) is 4.39 Å². The van der Waals surface area contributed by atoms with Crippen LogP contribution in [0, 0.1) is 5.82 Å². The van der Waals surface area contributed by atoms with Crippen molar-refractivity contribution in [2.75, 3.05) is 0 Å². The van der Waals surface area contributed by atoms with Crippen LogP contribution in [0.15, 0.2) is 58.2 Å². The van der Waals surface area contributed by atoms with Crippen LogP contribution < -0.4 is 10.6 Å². The van der Waals surface area contributed by atoms with Gasteiger partial charge in [0.2, 0.25) is 5.82 Å². The van der Waals surface area contributed by atoms with Crippen molar-refractivity contribution < 1.29 is 13.7 Å². The third-order valence-electron chi connectivity index (χ3n) is 3.04. The van der Waals surface area contributed by atoms with Crippen LogP contribution in [0.4, 0.5) is 4.39 Å². The number of hydrogen-bond donors (Lipinski definition) is 1. The molecule has 1 aromatic heterocycles. The minimum absolute atomic E-state index is 0.108. The third kappa shape index (κ3) is 3.70. The normalized spacial score (nSPS) is 11.0. The number of ether oxygens (including phenoxy) is 1. The number of benzene rings is 2. The van der Waals surface area contributed by atoms with Crippen molar-refractivity contribution in [2.24, 2.45) is 10.9 Å². The predicted octanol–water partition coefficient (Wildman–Crippen LogP) is 2.75. The summed E-state index contributed by atoms with van der Waals surface area (Å²) in [4.78, 5) is 4.25. The fourth-order valence-electron chi connectivity index (χ4n) is 1.91. The van der Waals surface area contributed by atoms with Gasteiger partial charge in [-0.3, -0.25) is 0 Å². The second-order valence-electron chi connectivity index (χ2n) is 4.65. The molecule has 0 amide bonds. The summed E-state index contributed by atoms with van der Waals surface area (Å²) in [6, 6.07) is 13.1. The number of halogens is 1. The van der Waals surface area contributed by atoms with Gasteiger partial charge in [0.1, 0.15) is 11.6 Å². The zero-order chi connectivity index (χ0) is 16.1. The molecule has 0 aliphatic carbocycles. The van der Waals surface area contributed by atoms with E-state index in [1.807, 2.05) is 24.3 Å². The first kappa shape index (κ1) is 14.7. The van der Waals surface area contributed by atoms with E-state index in [0.717, 1.165) is 11.1 Å². The summed E-state index contributed by atoms with van der Waals surface area (Å²) >= 11 is 0. The summed E-state index contributed by atoms with van der Waals surface area (Å²) in [7, 11) is 0. The van der Waals surface area contributed by atoms with E-state index in [2.05, 4.69) is 15.2 Å². The molecule has 6 nitrogen and oxygen atoms in total. The molecule has 0 aliphatic rings. The standard InChI is InChI=1S/C16H13FN4O2/c17-13-5-7-14(8-6-13)22-10-15-20-16(21-23-15)12-3-1-11(2-4-12)9-19-18/h1-9H,10,18H2. The second-order valence-corrected chi connectivity index (χ2v) is 4.65. The Morgan fingerprint density at radius 3 is 2.57 bits per heavy atom. The number of nitrogens with zero attached hydrogens (tertiary/aromatic N) is 3. The highest BCUT2D eigenvalue weighted by Gasteiger charge is 2.09. The van der Waals surface area contributed by atoms with Crippen LogP contribution >= 0.6 is 0 Å². The fourth-order valence-corrected chi connectivity index (χ4v) is 1.91. The molecule has 7 heteroatoms. The highest BCUT2D eigenvalue weighted by atomic mass is 19.1. The SMILES string of the molecule is NN=Cc1ccc(-c2noc(COc3ccc(F)cc3)n2)cc1. The highest BCUT2D eigenvalue weighted by Crippen LogP contribution is 2.17. The molecule has 0 atom stereocenters. The number of hydrogen-bond acceptors (Lipinski definition) is 6. The smallest absolute Gasteiger partial charge is 0.264 e. The topological polar surface area (TPSA) is 86.5 Å². The van der Waals surface area contributed by atoms with E-state index in [4.69, 9.17) is 15.1 Å². The molecule has 2 aromatic carbocycles. The highest BCUT2D eigenvalue weighted by molar-refractivity contribution is 5.80. The van der Waals surface area contributed by atoms with Crippen LogP contribution in [0.3, 0.4) is 0 Å². The quantitative estimate of drug-likeness (QED) is 0.445. The average molecular weight is 312 g/mol. The summed E-state index contributed by atoms with van der Waals surface area (Å²) in [5, 5.41) is 7.36. The van der Waals surface area contributed by atoms with Crippen molar-refractivity contribution in [3.8, 4) is 17.1 Å². The van der Waals surface area contributed by atoms with Crippen molar-refractivity contribution in [3.05, 3.63) is 65.8 Å². The molecule has 3 rings (SSSR count). The molecular formula is C16H13FN4O2. The van der Waals surface area contributed by atoms with Gasteiger partial charge < -0.3 is 15.1 Å². The number of nitrogens with two attached hydrogens (primary N) is 1. The summed E-state index contributed by atoms with van der Waals surface area (Å²) in [6.45, 7) is 0.108. The molecule has 116 valence electrons. The second kappa shape index (κ2) is 6.69. The largest absolute Gasteiger partial charge is 0.484 e. The minimum atomic E-state index is -0.319. The van der Waals surface area contributed by atoms with E-state index in [1.165, 1.54) is 24.3 Å². The molecule has 0 aliphatic heterocycles. The molecule has 0 radical (unpaired) electrons. The maximum Gasteiger partial charge on any atom is 0.264 e. The first-order valence-corrected chi connectivity index (χ1v) is 6.79. The number of hydrazone groups is 1. The lowest BCUT2D eigenvalue weighted by atomic mass is 10.1. The van der Waals surface area contributed by atoms with E-state index in [-0.39, 0.29) is 12.4 Å². The van der Waals surface area contributed by atoms with E-state index < -0.39 is 0 Å². The lowest BCUT2D eigenvalue weighted by molar-refractivity contribution is 0.242. The van der Waals surface area contributed by atoms with E-state index in [0.29, 0.717) is 17.5 Å². The van der Waals surface area contributed by atoms with Crippen LogP contribution in [-0.4, -0.2) is 16.4 Å². The third-order valence-corrected chi connectivity index (χ3v) is 3.04. The molecule has 0 saturated heterocycles. The fraction of sp³-hybridized carbons (Fsp3) is 0.0625. The Balaban J connectivity index is 1.66. The van der Waals surface area contributed by atoms with Gasteiger partial charge in [0, 0.05) is 5.56 Å². The van der Waals surface area contributed by atoms with Gasteiger partial charge in [-0.2, -0.15) is 10.1 Å². The monoisotopic (exact) mass is 312 g/mol. The van der Waals surface area contributed by atoms with Crippen molar-refractivity contribution in [2.45, 2.75) is 6.61 Å². The minimum Gasteiger partial charge on any atom is -0.484 e. The van der Waals surface area contributed by atoms with Gasteiger partial charge in [-0.15, -0.1) is 0 Å². The molecule has 23 heavy (non-hydrogen) atoms. The Bertz CT molecular complexity index is 798. The lowest BCUT2D eigenvalue weighted by Gasteiger charge is -2.01. The summed E-state index contributed by atoms with van der Waals surface area (Å²) in [5.41, 5.74) is 1.68. The number of rotatable bonds is 5. The summed E-state index contributed by atoms with van der Waals surface area (Å²) in [5.74, 6) is 6.09. The van der Waals surface area contributed by atoms with Crippen molar-refractivity contribution >= 4 is 6.21 Å². The van der Waals surface area contributed by atoms with Crippen molar-refractivity contribution in [1.29, 1.82) is 0 Å². The maximum atomic E-state index is 12.8. The summed E-state index contributed by atoms with van der Waals surface area (Å²) in [6.07, 6.45) is 1.54. The van der Waals surface area contributed by atoms with Crippen LogP contribution in [0.25, 0.3) is 11.4 Å². The molecule has 0 unspecified atom stereocenters. The van der Waals surface area contributed by atoms with Gasteiger partial charge in [-0.1, -0.05) is 29.4 Å². The van der Waals surface area contributed by atoms with Crippen LogP contribution in [0.5, 0.6) is 5.75 Å². The zero-order valence-corrected chi connectivity index (χ0v) is 12.0. The molecule has 0 spiro atoms. The van der Waals surface area contributed by atoms with Gasteiger partial charge in [-0.05, 0) is 29.8 Å². The molecule has 2 N–H and O–H groups in total. The molecule has 1 heterocycles. The van der Waals surface area contributed by atoms with E-state index in [9.17, 15) is 4.39 Å². The predicted molar refractivity (Wildman–Crippen MR) is 82.2 cm³/mol. The average Bonchev–Trinajstić information content (AvgIpc) is 3.04. The molecule has 0 bridgehead atoms. The van der Waals surface area contributed by atoms with E-state index in [1.54, 1.807) is 6.21 Å². The van der Waals surface area contributed by atoms with Gasteiger partial charge in [0.25, 0.3) is 5.89 Å². The van der Waals surface area contributed by atoms with Gasteiger partial charge >= 0.3 is 0 Å². The van der Waals surface area contributed by atoms with Crippen molar-refractivity contribution in [3.63, 3.8) is 0 Å². The Hall–Kier alpha value is -3.22. The first-order valence-electron chi connectivity index (χ1n) is 6.79. The Morgan fingerprint density at radius 2 is 1.87 bits per heavy atom. The molecule has 0 fully saturated rings. The van der Waals surface area contributed by atoms with Gasteiger partial charge in [0.15, 0.2) is 6.61 Å². The van der Waals surface area contributed by atoms with Crippen LogP contribution in [0.2, 0.25) is 0 Å². The molecular weight excluding hydrogens is 299 g/mol. The Morgan fingerprint density at radius 1 is 1.13 bits per heavy atom. The Labute approximate surface area is 131 Å².